The summed E-state index contributed by atoms with van der Waals surface area (Å²) >= 11 is 0. The number of piperidine rings is 1. The Balaban J connectivity index is 1.39. The number of hydrogen-bond donors (Lipinski definition) is 0. The fourth-order valence-electron chi connectivity index (χ4n) is 3.29. The lowest BCUT2D eigenvalue weighted by Gasteiger charge is -2.34. The Morgan fingerprint density at radius 1 is 1.26 bits per heavy atom. The van der Waals surface area contributed by atoms with E-state index in [1.807, 2.05) is 25.4 Å². The van der Waals surface area contributed by atoms with Gasteiger partial charge >= 0.3 is 0 Å². The zero-order valence-corrected chi connectivity index (χ0v) is 14.1. The van der Waals surface area contributed by atoms with Crippen LogP contribution in [0.4, 0.5) is 5.69 Å². The summed E-state index contributed by atoms with van der Waals surface area (Å²) in [5.74, 6) is 1.71. The monoisotopic (exact) mass is 314 g/mol. The molecule has 0 radical (unpaired) electrons. The van der Waals surface area contributed by atoms with Crippen LogP contribution < -0.4 is 4.90 Å². The summed E-state index contributed by atoms with van der Waals surface area (Å²) < 4.78 is 5.13. The van der Waals surface area contributed by atoms with Gasteiger partial charge < -0.3 is 14.3 Å². The largest absolute Gasteiger partial charge is 0.371 e. The molecular weight excluding hydrogens is 288 g/mol. The summed E-state index contributed by atoms with van der Waals surface area (Å²) in [4.78, 5) is 8.91. The van der Waals surface area contributed by atoms with Crippen molar-refractivity contribution in [2.24, 2.45) is 5.92 Å². The van der Waals surface area contributed by atoms with E-state index in [0.29, 0.717) is 0 Å². The molecule has 124 valence electrons. The smallest absolute Gasteiger partial charge is 0.133 e. The van der Waals surface area contributed by atoms with Gasteiger partial charge in [0.05, 0.1) is 5.69 Å². The Hall–Kier alpha value is -1.88. The second kappa shape index (κ2) is 7.59. The van der Waals surface area contributed by atoms with Gasteiger partial charge in [0.15, 0.2) is 0 Å². The van der Waals surface area contributed by atoms with E-state index in [-0.39, 0.29) is 0 Å². The number of rotatable bonds is 6. The van der Waals surface area contributed by atoms with Crippen LogP contribution >= 0.6 is 0 Å². The third-order valence-corrected chi connectivity index (χ3v) is 4.67. The first-order valence-electron chi connectivity index (χ1n) is 8.46. The molecule has 0 aromatic carbocycles. The molecule has 0 amide bonds. The molecule has 3 heterocycles. The lowest BCUT2D eigenvalue weighted by molar-refractivity contribution is 0.266. The van der Waals surface area contributed by atoms with Crippen molar-refractivity contribution in [1.29, 1.82) is 0 Å². The van der Waals surface area contributed by atoms with E-state index < -0.39 is 0 Å². The molecule has 0 N–H and O–H groups in total. The van der Waals surface area contributed by atoms with Crippen molar-refractivity contribution >= 4 is 5.69 Å². The van der Waals surface area contributed by atoms with Crippen LogP contribution in [-0.2, 0) is 6.54 Å². The van der Waals surface area contributed by atoms with Crippen LogP contribution in [-0.4, -0.2) is 41.7 Å². The minimum atomic E-state index is 0.828. The first-order chi connectivity index (χ1) is 11.2. The summed E-state index contributed by atoms with van der Waals surface area (Å²) in [5, 5.41) is 4.07. The Labute approximate surface area is 138 Å². The van der Waals surface area contributed by atoms with Gasteiger partial charge in [0.1, 0.15) is 5.76 Å². The first-order valence-corrected chi connectivity index (χ1v) is 8.46. The Morgan fingerprint density at radius 3 is 2.65 bits per heavy atom. The van der Waals surface area contributed by atoms with Gasteiger partial charge in [-0.2, -0.15) is 0 Å². The van der Waals surface area contributed by atoms with Crippen molar-refractivity contribution in [1.82, 2.24) is 15.0 Å². The van der Waals surface area contributed by atoms with Crippen molar-refractivity contribution in [2.75, 3.05) is 31.6 Å². The Kier molecular flexibility index (Phi) is 5.28. The number of anilines is 1. The predicted molar refractivity (Wildman–Crippen MR) is 91.4 cm³/mol. The summed E-state index contributed by atoms with van der Waals surface area (Å²) in [5.41, 5.74) is 2.33. The van der Waals surface area contributed by atoms with Crippen LogP contribution in [0.1, 0.15) is 30.7 Å². The summed E-state index contributed by atoms with van der Waals surface area (Å²) in [6, 6.07) is 6.23. The molecule has 5 heteroatoms. The minimum absolute atomic E-state index is 0.828. The standard InChI is InChI=1S/C18H26N4O/c1-15-13-17(20-23-15)14-21(2)10-5-16-6-11-22(12-7-16)18-3-8-19-9-4-18/h3-4,8-9,13,16H,5-7,10-12,14H2,1-2H3. The maximum Gasteiger partial charge on any atom is 0.133 e. The SMILES string of the molecule is Cc1cc(CN(C)CCC2CCN(c3ccncc3)CC2)no1. The van der Waals surface area contributed by atoms with Gasteiger partial charge in [-0.3, -0.25) is 4.98 Å². The number of pyridine rings is 1. The van der Waals surface area contributed by atoms with E-state index in [0.717, 1.165) is 43.6 Å². The van der Waals surface area contributed by atoms with E-state index in [4.69, 9.17) is 4.52 Å². The molecule has 1 fully saturated rings. The summed E-state index contributed by atoms with van der Waals surface area (Å²) in [6.45, 7) is 6.23. The predicted octanol–water partition coefficient (Wildman–Crippen LogP) is 3.12. The average Bonchev–Trinajstić information content (AvgIpc) is 2.99. The molecule has 1 saturated heterocycles. The molecule has 2 aromatic rings. The second-order valence-corrected chi connectivity index (χ2v) is 6.59. The topological polar surface area (TPSA) is 45.4 Å². The molecular formula is C18H26N4O. The first kappa shape index (κ1) is 16.0. The van der Waals surface area contributed by atoms with Crippen LogP contribution in [0.3, 0.4) is 0 Å². The number of hydrogen-bond acceptors (Lipinski definition) is 5. The van der Waals surface area contributed by atoms with E-state index in [1.165, 1.54) is 24.9 Å². The second-order valence-electron chi connectivity index (χ2n) is 6.59. The molecule has 0 spiro atoms. The Bertz CT molecular complexity index is 590. The fourth-order valence-corrected chi connectivity index (χ4v) is 3.29. The van der Waals surface area contributed by atoms with Crippen LogP contribution in [0.25, 0.3) is 0 Å². The van der Waals surface area contributed by atoms with E-state index >= 15 is 0 Å². The summed E-state index contributed by atoms with van der Waals surface area (Å²) in [6.07, 6.45) is 7.57. The van der Waals surface area contributed by atoms with Gasteiger partial charge in [-0.05, 0) is 57.8 Å². The third-order valence-electron chi connectivity index (χ3n) is 4.67. The highest BCUT2D eigenvalue weighted by molar-refractivity contribution is 5.44. The molecule has 1 aliphatic heterocycles. The molecule has 0 aliphatic carbocycles. The van der Waals surface area contributed by atoms with Gasteiger partial charge in [0, 0.05) is 43.8 Å². The quantitative estimate of drug-likeness (QED) is 0.820. The third kappa shape index (κ3) is 4.55. The highest BCUT2D eigenvalue weighted by Crippen LogP contribution is 2.24. The van der Waals surface area contributed by atoms with Crippen molar-refractivity contribution < 1.29 is 4.52 Å². The van der Waals surface area contributed by atoms with Gasteiger partial charge in [-0.15, -0.1) is 0 Å². The van der Waals surface area contributed by atoms with Gasteiger partial charge in [-0.25, -0.2) is 0 Å². The molecule has 23 heavy (non-hydrogen) atoms. The van der Waals surface area contributed by atoms with Gasteiger partial charge in [0.25, 0.3) is 0 Å². The maximum atomic E-state index is 5.13. The van der Waals surface area contributed by atoms with Crippen molar-refractivity contribution in [2.45, 2.75) is 32.7 Å². The van der Waals surface area contributed by atoms with Crippen LogP contribution in [0.15, 0.2) is 35.1 Å². The van der Waals surface area contributed by atoms with Crippen molar-refractivity contribution in [3.63, 3.8) is 0 Å². The van der Waals surface area contributed by atoms with Crippen molar-refractivity contribution in [3.8, 4) is 0 Å². The lowest BCUT2D eigenvalue weighted by Crippen LogP contribution is -2.34. The normalized spacial score (nSPS) is 16.2. The molecule has 1 aliphatic rings. The average molecular weight is 314 g/mol. The lowest BCUT2D eigenvalue weighted by atomic mass is 9.93. The molecule has 2 aromatic heterocycles. The molecule has 0 atom stereocenters. The van der Waals surface area contributed by atoms with E-state index in [1.54, 1.807) is 0 Å². The highest BCUT2D eigenvalue weighted by atomic mass is 16.5. The maximum absolute atomic E-state index is 5.13. The number of aromatic nitrogens is 2. The van der Waals surface area contributed by atoms with Gasteiger partial charge in [0.2, 0.25) is 0 Å². The van der Waals surface area contributed by atoms with Crippen LogP contribution in [0, 0.1) is 12.8 Å². The fraction of sp³-hybridized carbons (Fsp3) is 0.556. The van der Waals surface area contributed by atoms with Gasteiger partial charge in [-0.1, -0.05) is 5.16 Å². The van der Waals surface area contributed by atoms with Crippen LogP contribution in [0.2, 0.25) is 0 Å². The van der Waals surface area contributed by atoms with E-state index in [2.05, 4.69) is 39.1 Å². The molecule has 3 rings (SSSR count). The molecule has 5 nitrogen and oxygen atoms in total. The zero-order chi connectivity index (χ0) is 16.1. The number of aryl methyl sites for hydroxylation is 1. The molecule has 0 bridgehead atoms. The molecule has 0 unspecified atom stereocenters. The number of nitrogens with zero attached hydrogens (tertiary/aromatic N) is 4. The zero-order valence-electron chi connectivity index (χ0n) is 14.1. The molecule has 0 saturated carbocycles. The highest BCUT2D eigenvalue weighted by Gasteiger charge is 2.19. The summed E-state index contributed by atoms with van der Waals surface area (Å²) in [7, 11) is 2.16. The van der Waals surface area contributed by atoms with Crippen molar-refractivity contribution in [3.05, 3.63) is 42.0 Å². The minimum Gasteiger partial charge on any atom is -0.371 e. The van der Waals surface area contributed by atoms with Crippen LogP contribution in [0.5, 0.6) is 0 Å². The van der Waals surface area contributed by atoms with E-state index in [9.17, 15) is 0 Å². The Morgan fingerprint density at radius 2 is 2.00 bits per heavy atom.